The zero-order valence-electron chi connectivity index (χ0n) is 10.9. The Bertz CT molecular complexity index is 676. The van der Waals surface area contributed by atoms with Crippen LogP contribution < -0.4 is 0 Å². The van der Waals surface area contributed by atoms with E-state index in [0.29, 0.717) is 21.7 Å². The first-order valence-electron chi connectivity index (χ1n) is 6.09. The van der Waals surface area contributed by atoms with Crippen molar-refractivity contribution in [3.8, 4) is 6.07 Å². The second-order valence-electron chi connectivity index (χ2n) is 4.88. The Morgan fingerprint density at radius 2 is 2.05 bits per heavy atom. The molecule has 0 bridgehead atoms. The third-order valence-electron chi connectivity index (χ3n) is 3.16. The molecule has 4 heteroatoms. The molecule has 1 unspecified atom stereocenters. The van der Waals surface area contributed by atoms with Crippen LogP contribution in [0.15, 0.2) is 42.5 Å². The Balaban J connectivity index is 2.32. The van der Waals surface area contributed by atoms with Crippen LogP contribution in [0.5, 0.6) is 0 Å². The van der Waals surface area contributed by atoms with Crippen LogP contribution in [0.3, 0.4) is 0 Å². The van der Waals surface area contributed by atoms with Gasteiger partial charge in [-0.05, 0) is 42.3 Å². The highest BCUT2D eigenvalue weighted by atomic mass is 35.5. The van der Waals surface area contributed by atoms with Crippen molar-refractivity contribution >= 4 is 11.6 Å². The van der Waals surface area contributed by atoms with Gasteiger partial charge in [-0.1, -0.05) is 29.8 Å². The number of aliphatic hydroxyl groups is 1. The Morgan fingerprint density at radius 3 is 2.70 bits per heavy atom. The average Bonchev–Trinajstić information content (AvgIpc) is 2.42. The number of benzene rings is 2. The van der Waals surface area contributed by atoms with Crippen LogP contribution in [0, 0.1) is 17.1 Å². The molecule has 2 aromatic rings. The van der Waals surface area contributed by atoms with Gasteiger partial charge in [-0.15, -0.1) is 0 Å². The van der Waals surface area contributed by atoms with E-state index >= 15 is 0 Å². The van der Waals surface area contributed by atoms with E-state index in [9.17, 15) is 9.50 Å². The highest BCUT2D eigenvalue weighted by Gasteiger charge is 2.25. The fourth-order valence-corrected chi connectivity index (χ4v) is 2.22. The standard InChI is InChI=1S/C16H13ClFNO/c1-16(20,13-4-2-3-11(7-13)10-19)9-12-5-6-14(17)8-15(12)18/h2-8,20H,9H2,1H3. The fraction of sp³-hybridized carbons (Fsp3) is 0.188. The molecule has 0 aliphatic rings. The maximum atomic E-state index is 13.8. The van der Waals surface area contributed by atoms with Crippen molar-refractivity contribution in [3.63, 3.8) is 0 Å². The summed E-state index contributed by atoms with van der Waals surface area (Å²) in [5, 5.41) is 19.7. The molecule has 1 atom stereocenters. The Hall–Kier alpha value is -1.89. The maximum Gasteiger partial charge on any atom is 0.127 e. The minimum absolute atomic E-state index is 0.102. The number of nitrogens with zero attached hydrogens (tertiary/aromatic N) is 1. The van der Waals surface area contributed by atoms with Gasteiger partial charge >= 0.3 is 0 Å². The Labute approximate surface area is 122 Å². The molecule has 0 saturated carbocycles. The molecule has 2 nitrogen and oxygen atoms in total. The van der Waals surface area contributed by atoms with E-state index < -0.39 is 11.4 Å². The van der Waals surface area contributed by atoms with Crippen LogP contribution in [-0.4, -0.2) is 5.11 Å². The minimum atomic E-state index is -1.26. The summed E-state index contributed by atoms with van der Waals surface area (Å²) < 4.78 is 13.8. The second kappa shape index (κ2) is 5.62. The summed E-state index contributed by atoms with van der Waals surface area (Å²) in [6.07, 6.45) is 0.102. The van der Waals surface area contributed by atoms with Crippen molar-refractivity contribution in [2.45, 2.75) is 18.9 Å². The summed E-state index contributed by atoms with van der Waals surface area (Å²) in [6.45, 7) is 1.59. The third kappa shape index (κ3) is 3.16. The SMILES string of the molecule is CC(O)(Cc1ccc(Cl)cc1F)c1cccc(C#N)c1. The highest BCUT2D eigenvalue weighted by Crippen LogP contribution is 2.28. The van der Waals surface area contributed by atoms with Crippen LogP contribution in [-0.2, 0) is 12.0 Å². The highest BCUT2D eigenvalue weighted by molar-refractivity contribution is 6.30. The molecule has 2 rings (SSSR count). The largest absolute Gasteiger partial charge is 0.385 e. The van der Waals surface area contributed by atoms with Gasteiger partial charge in [0.05, 0.1) is 17.2 Å². The lowest BCUT2D eigenvalue weighted by Crippen LogP contribution is -2.25. The molecule has 20 heavy (non-hydrogen) atoms. The van der Waals surface area contributed by atoms with E-state index in [-0.39, 0.29) is 6.42 Å². The first kappa shape index (κ1) is 14.5. The van der Waals surface area contributed by atoms with Crippen LogP contribution in [0.4, 0.5) is 4.39 Å². The molecule has 0 heterocycles. The molecule has 2 aromatic carbocycles. The molecule has 0 radical (unpaired) electrons. The van der Waals surface area contributed by atoms with E-state index in [4.69, 9.17) is 16.9 Å². The summed E-state index contributed by atoms with van der Waals surface area (Å²) in [6, 6.07) is 13.1. The minimum Gasteiger partial charge on any atom is -0.385 e. The van der Waals surface area contributed by atoms with E-state index in [1.165, 1.54) is 6.07 Å². The number of rotatable bonds is 3. The molecule has 0 fully saturated rings. The zero-order valence-corrected chi connectivity index (χ0v) is 11.7. The summed E-state index contributed by atoms with van der Waals surface area (Å²) in [7, 11) is 0. The van der Waals surface area contributed by atoms with Crippen molar-refractivity contribution in [2.24, 2.45) is 0 Å². The van der Waals surface area contributed by atoms with Gasteiger partial charge in [-0.3, -0.25) is 0 Å². The molecule has 0 aromatic heterocycles. The molecule has 1 N–H and O–H groups in total. The van der Waals surface area contributed by atoms with E-state index in [1.807, 2.05) is 6.07 Å². The first-order valence-corrected chi connectivity index (χ1v) is 6.47. The summed E-state index contributed by atoms with van der Waals surface area (Å²) in [4.78, 5) is 0. The first-order chi connectivity index (χ1) is 9.42. The van der Waals surface area contributed by atoms with Crippen molar-refractivity contribution in [1.29, 1.82) is 5.26 Å². The van der Waals surface area contributed by atoms with Gasteiger partial charge in [-0.25, -0.2) is 4.39 Å². The van der Waals surface area contributed by atoms with Crippen LogP contribution in [0.1, 0.15) is 23.6 Å². The zero-order chi connectivity index (χ0) is 14.8. The summed E-state index contributed by atoms with van der Waals surface area (Å²) in [5.41, 5.74) is 0.147. The van der Waals surface area contributed by atoms with Gasteiger partial charge in [0.15, 0.2) is 0 Å². The monoisotopic (exact) mass is 289 g/mol. The quantitative estimate of drug-likeness (QED) is 0.934. The molecular formula is C16H13ClFNO. The van der Waals surface area contributed by atoms with Gasteiger partial charge < -0.3 is 5.11 Å². The normalized spacial score (nSPS) is 13.6. The van der Waals surface area contributed by atoms with Crippen LogP contribution >= 0.6 is 11.6 Å². The molecule has 0 amide bonds. The van der Waals surface area contributed by atoms with Crippen molar-refractivity contribution in [3.05, 3.63) is 70.0 Å². The second-order valence-corrected chi connectivity index (χ2v) is 5.32. The number of hydrogen-bond acceptors (Lipinski definition) is 2. The van der Waals surface area contributed by atoms with E-state index in [0.717, 1.165) is 0 Å². The maximum absolute atomic E-state index is 13.8. The van der Waals surface area contributed by atoms with Gasteiger partial charge in [0.1, 0.15) is 5.82 Å². The van der Waals surface area contributed by atoms with E-state index in [1.54, 1.807) is 43.3 Å². The molecule has 0 saturated heterocycles. The lowest BCUT2D eigenvalue weighted by atomic mass is 9.88. The molecule has 0 aliphatic heterocycles. The molecule has 0 spiro atoms. The van der Waals surface area contributed by atoms with Gasteiger partial charge in [0.2, 0.25) is 0 Å². The lowest BCUT2D eigenvalue weighted by Gasteiger charge is -2.24. The van der Waals surface area contributed by atoms with Crippen molar-refractivity contribution in [2.75, 3.05) is 0 Å². The Kier molecular flexibility index (Phi) is 4.08. The lowest BCUT2D eigenvalue weighted by molar-refractivity contribution is 0.0567. The fourth-order valence-electron chi connectivity index (χ4n) is 2.06. The van der Waals surface area contributed by atoms with Gasteiger partial charge in [0.25, 0.3) is 0 Å². The molecule has 0 aliphatic carbocycles. The average molecular weight is 290 g/mol. The van der Waals surface area contributed by atoms with Crippen molar-refractivity contribution in [1.82, 2.24) is 0 Å². The van der Waals surface area contributed by atoms with Crippen LogP contribution in [0.2, 0.25) is 5.02 Å². The third-order valence-corrected chi connectivity index (χ3v) is 3.40. The van der Waals surface area contributed by atoms with Crippen molar-refractivity contribution < 1.29 is 9.50 Å². The number of hydrogen-bond donors (Lipinski definition) is 1. The predicted octanol–water partition coefficient (Wildman–Crippen LogP) is 3.80. The van der Waals surface area contributed by atoms with Gasteiger partial charge in [-0.2, -0.15) is 5.26 Å². The predicted molar refractivity (Wildman–Crippen MR) is 75.8 cm³/mol. The summed E-state index contributed by atoms with van der Waals surface area (Å²) >= 11 is 5.71. The van der Waals surface area contributed by atoms with E-state index in [2.05, 4.69) is 0 Å². The topological polar surface area (TPSA) is 44.0 Å². The molecule has 102 valence electrons. The smallest absolute Gasteiger partial charge is 0.127 e. The van der Waals surface area contributed by atoms with Gasteiger partial charge in [0, 0.05) is 11.4 Å². The number of nitriles is 1. The molecular weight excluding hydrogens is 277 g/mol. The Morgan fingerprint density at radius 1 is 1.30 bits per heavy atom. The summed E-state index contributed by atoms with van der Waals surface area (Å²) in [5.74, 6) is -0.450. The van der Waals surface area contributed by atoms with Crippen LogP contribution in [0.25, 0.3) is 0 Å². The number of halogens is 2.